The van der Waals surface area contributed by atoms with Crippen molar-refractivity contribution in [1.29, 1.82) is 0 Å². The van der Waals surface area contributed by atoms with Gasteiger partial charge < -0.3 is 50.2 Å². The lowest BCUT2D eigenvalue weighted by atomic mass is 9.85. The fourth-order valence-corrected chi connectivity index (χ4v) is 10.6. The fourth-order valence-electron chi connectivity index (χ4n) is 9.72. The number of nitrogens with zero attached hydrogens (tertiary/aromatic N) is 6. The number of anilines is 1. The molecule has 0 unspecified atom stereocenters. The van der Waals surface area contributed by atoms with Gasteiger partial charge >= 0.3 is 0 Å². The van der Waals surface area contributed by atoms with Crippen molar-refractivity contribution in [3.8, 4) is 33.2 Å². The number of hydrogen-bond donors (Lipinski definition) is 4. The summed E-state index contributed by atoms with van der Waals surface area (Å²) in [6.45, 7) is 12.8. The van der Waals surface area contributed by atoms with E-state index in [1.807, 2.05) is 99.6 Å². The number of amides is 3. The van der Waals surface area contributed by atoms with E-state index >= 15 is 0 Å². The monoisotopic (exact) mass is 1040 g/mol. The Labute approximate surface area is 444 Å². The number of likely N-dealkylation sites (tertiary alicyclic amines) is 2. The number of benzene rings is 3. The van der Waals surface area contributed by atoms with Crippen LogP contribution in [-0.4, -0.2) is 136 Å². The summed E-state index contributed by atoms with van der Waals surface area (Å²) in [4.78, 5) is 54.5. The maximum atomic E-state index is 14.0. The minimum Gasteiger partial charge on any atom is -0.457 e. The quantitative estimate of drug-likeness (QED) is 0.0402. The third-order valence-electron chi connectivity index (χ3n) is 13.8. The van der Waals surface area contributed by atoms with Gasteiger partial charge in [-0.1, -0.05) is 76.1 Å². The van der Waals surface area contributed by atoms with Crippen molar-refractivity contribution in [3.63, 3.8) is 0 Å². The highest BCUT2D eigenvalue weighted by atomic mass is 32.1. The van der Waals surface area contributed by atoms with Gasteiger partial charge in [0, 0.05) is 49.6 Å². The number of para-hydroxylation sites is 1. The van der Waals surface area contributed by atoms with Crippen LogP contribution in [0.3, 0.4) is 0 Å². The highest BCUT2D eigenvalue weighted by molar-refractivity contribution is 7.13. The van der Waals surface area contributed by atoms with E-state index in [1.54, 1.807) is 11.3 Å². The molecule has 0 saturated carbocycles. The first-order chi connectivity index (χ1) is 36.3. The van der Waals surface area contributed by atoms with Crippen LogP contribution >= 0.6 is 11.3 Å². The minimum absolute atomic E-state index is 0.000537. The van der Waals surface area contributed by atoms with Crippen LogP contribution in [0.15, 0.2) is 96.6 Å². The number of piperidine rings is 1. The van der Waals surface area contributed by atoms with E-state index < -0.39 is 35.4 Å². The van der Waals surface area contributed by atoms with Crippen LogP contribution in [0.5, 0.6) is 11.5 Å². The molecular formula is C57H73N9O8S. The Morgan fingerprint density at radius 2 is 1.51 bits per heavy atom. The van der Waals surface area contributed by atoms with Crippen molar-refractivity contribution in [3.05, 3.63) is 108 Å². The van der Waals surface area contributed by atoms with E-state index in [0.717, 1.165) is 103 Å². The molecule has 2 aliphatic heterocycles. The van der Waals surface area contributed by atoms with Crippen LogP contribution in [-0.2, 0) is 35.1 Å². The van der Waals surface area contributed by atoms with Crippen molar-refractivity contribution in [1.82, 2.24) is 40.2 Å². The summed E-state index contributed by atoms with van der Waals surface area (Å²) < 4.78 is 25.1. The Balaban J connectivity index is 0.658. The highest BCUT2D eigenvalue weighted by Gasteiger charge is 2.44. The first-order valence-corrected chi connectivity index (χ1v) is 27.2. The predicted molar refractivity (Wildman–Crippen MR) is 291 cm³/mol. The van der Waals surface area contributed by atoms with Gasteiger partial charge in [0.05, 0.1) is 44.0 Å². The second kappa shape index (κ2) is 26.5. The molecule has 2 saturated heterocycles. The summed E-state index contributed by atoms with van der Waals surface area (Å²) in [5.41, 5.74) is 11.5. The number of hydrogen-bond acceptors (Lipinski definition) is 14. The zero-order valence-corrected chi connectivity index (χ0v) is 44.6. The first-order valence-electron chi connectivity index (χ1n) is 26.3. The number of nitrogen functional groups attached to an aromatic ring is 1. The largest absolute Gasteiger partial charge is 0.457 e. The van der Waals surface area contributed by atoms with Gasteiger partial charge in [-0.2, -0.15) is 5.10 Å². The van der Waals surface area contributed by atoms with E-state index in [9.17, 15) is 19.5 Å². The van der Waals surface area contributed by atoms with Crippen molar-refractivity contribution in [2.45, 2.75) is 103 Å². The number of ether oxygens (including phenoxy) is 4. The van der Waals surface area contributed by atoms with Gasteiger partial charge in [0.1, 0.15) is 48.0 Å². The second-order valence-electron chi connectivity index (χ2n) is 20.6. The predicted octanol–water partition coefficient (Wildman–Crippen LogP) is 7.96. The molecule has 2 aliphatic rings. The summed E-state index contributed by atoms with van der Waals surface area (Å²) in [6, 6.07) is 26.1. The number of thiophene rings is 1. The molecule has 18 heteroatoms. The number of aromatic nitrogens is 4. The lowest BCUT2D eigenvalue weighted by molar-refractivity contribution is -0.144. The smallest absolute Gasteiger partial charge is 0.246 e. The van der Waals surface area contributed by atoms with Crippen molar-refractivity contribution in [2.75, 3.05) is 71.6 Å². The normalized spacial score (nSPS) is 16.8. The number of fused-ring (bicyclic) bond motifs is 1. The van der Waals surface area contributed by atoms with Crippen LogP contribution in [0.25, 0.3) is 32.7 Å². The van der Waals surface area contributed by atoms with Gasteiger partial charge in [0.25, 0.3) is 0 Å². The van der Waals surface area contributed by atoms with Crippen LogP contribution in [0.2, 0.25) is 0 Å². The van der Waals surface area contributed by atoms with Crippen molar-refractivity contribution in [2.24, 2.45) is 5.41 Å². The molecular weight excluding hydrogens is 971 g/mol. The number of nitrogens with one attached hydrogen (secondary N) is 2. The second-order valence-corrected chi connectivity index (χ2v) is 21.5. The van der Waals surface area contributed by atoms with E-state index in [0.29, 0.717) is 32.2 Å². The van der Waals surface area contributed by atoms with Crippen LogP contribution < -0.4 is 21.1 Å². The van der Waals surface area contributed by atoms with E-state index in [2.05, 4.69) is 48.6 Å². The molecule has 17 nitrogen and oxygen atoms in total. The van der Waals surface area contributed by atoms with Gasteiger partial charge in [0.2, 0.25) is 17.7 Å². The number of nitrogens with two attached hydrogens (primary N) is 1. The number of β-amino-alcohol motifs (C(OH)–C–C–N with tert-alkyl or cyclic N) is 1. The number of aliphatic hydroxyl groups is 1. The first kappa shape index (κ1) is 55.0. The number of carbonyl (C=O) groups is 3. The summed E-state index contributed by atoms with van der Waals surface area (Å²) in [5, 5.41) is 24.3. The van der Waals surface area contributed by atoms with Gasteiger partial charge in [-0.05, 0) is 109 Å². The maximum Gasteiger partial charge on any atom is 0.246 e. The molecule has 0 spiro atoms. The van der Waals surface area contributed by atoms with Crippen LogP contribution in [0.4, 0.5) is 5.82 Å². The van der Waals surface area contributed by atoms with E-state index in [1.165, 1.54) is 21.7 Å². The molecule has 0 aliphatic carbocycles. The summed E-state index contributed by atoms with van der Waals surface area (Å²) in [5.74, 6) is 0.714. The number of unbranched alkanes of at least 4 members (excludes halogenated alkanes) is 3. The Morgan fingerprint density at radius 3 is 2.21 bits per heavy atom. The summed E-state index contributed by atoms with van der Waals surface area (Å²) in [6.07, 6.45) is 7.09. The zero-order chi connectivity index (χ0) is 52.7. The van der Waals surface area contributed by atoms with Gasteiger partial charge in [-0.25, -0.2) is 14.6 Å². The van der Waals surface area contributed by atoms with Crippen LogP contribution in [0.1, 0.15) is 82.9 Å². The number of aliphatic hydroxyl groups excluding tert-OH is 1. The Kier molecular flexibility index (Phi) is 19.4. The number of rotatable bonds is 25. The van der Waals surface area contributed by atoms with Gasteiger partial charge in [-0.3, -0.25) is 14.4 Å². The fraction of sp³-hybridized carbons (Fsp3) is 0.474. The molecule has 0 radical (unpaired) electrons. The molecule has 5 N–H and O–H groups in total. The van der Waals surface area contributed by atoms with Crippen molar-refractivity contribution < 1.29 is 38.4 Å². The maximum absolute atomic E-state index is 14.0. The topological polar surface area (TPSA) is 209 Å². The summed E-state index contributed by atoms with van der Waals surface area (Å²) in [7, 11) is 0. The Morgan fingerprint density at radius 1 is 0.827 bits per heavy atom. The number of aryl methyl sites for hydroxylation is 1. The molecule has 2 fully saturated rings. The molecule has 0 bridgehead atoms. The molecule has 3 aromatic heterocycles. The summed E-state index contributed by atoms with van der Waals surface area (Å²) >= 11 is 1.69. The SMILES string of the molecule is Cc1ccsc1-c1ccc(CNC(=O)[C@@H]2C[C@@H](O)CN2C(=O)[C@@H](NC(=O)COCCOCCOCCCCCCN2CCC(n3nc(-c4ccc(Oc5ccccc5)cc4)c4c(N)ncnc43)CC2)C(C)(C)C)cc1. The minimum atomic E-state index is -0.944. The number of carbonyl (C=O) groups excluding carboxylic acids is 3. The average molecular weight is 1040 g/mol. The van der Waals surface area contributed by atoms with E-state index in [-0.39, 0.29) is 44.7 Å². The van der Waals surface area contributed by atoms with Crippen LogP contribution in [0, 0.1) is 12.3 Å². The third kappa shape index (κ3) is 15.0. The molecule has 8 rings (SSSR count). The molecule has 400 valence electrons. The zero-order valence-electron chi connectivity index (χ0n) is 43.7. The lowest BCUT2D eigenvalue weighted by Crippen LogP contribution is -2.58. The molecule has 3 atom stereocenters. The lowest BCUT2D eigenvalue weighted by Gasteiger charge is -2.35. The average Bonchev–Trinajstić information content (AvgIpc) is 4.15. The van der Waals surface area contributed by atoms with Crippen molar-refractivity contribution >= 4 is 45.9 Å². The molecule has 3 amide bonds. The Bertz CT molecular complexity index is 2770. The highest BCUT2D eigenvalue weighted by Crippen LogP contribution is 2.36. The molecule has 3 aromatic carbocycles. The standard InChI is InChI=1S/C57H73N9O8S/c1-39-24-33-75-51(39)42-16-14-40(15-17-42)35-59-55(69)47-34-44(67)36-65(47)56(70)52(57(2,3)4)62-48(68)37-73-32-31-72-30-29-71-28-11-6-5-10-25-64-26-22-43(23-27-64)66-54-49(53(58)60-38-61-54)50(63-66)41-18-20-46(21-19-41)74-45-12-8-7-9-13-45/h7-9,12-21,24,33,38,43-44,47,52,67H,5-6,10-11,22-23,25-32,34-37H2,1-4H3,(H,59,69)(H,62,68)(H2,58,60,61)/t44-,47+,52-/m1/s1. The third-order valence-corrected chi connectivity index (χ3v) is 14.9. The molecule has 75 heavy (non-hydrogen) atoms. The molecule has 5 heterocycles. The van der Waals surface area contributed by atoms with E-state index in [4.69, 9.17) is 29.8 Å². The van der Waals surface area contributed by atoms with Gasteiger partial charge in [0.15, 0.2) is 5.65 Å². The van der Waals surface area contributed by atoms with Gasteiger partial charge in [-0.15, -0.1) is 11.3 Å². The Hall–Kier alpha value is -6.28. The molecule has 6 aromatic rings.